The van der Waals surface area contributed by atoms with Gasteiger partial charge in [-0.05, 0) is 18.2 Å². The fourth-order valence-electron chi connectivity index (χ4n) is 2.23. The van der Waals surface area contributed by atoms with Crippen molar-refractivity contribution in [2.75, 3.05) is 0 Å². The summed E-state index contributed by atoms with van der Waals surface area (Å²) in [6, 6.07) is 12.8. The average Bonchev–Trinajstić information content (AvgIpc) is 2.82. The van der Waals surface area contributed by atoms with E-state index in [2.05, 4.69) is 6.07 Å². The molecule has 4 heteroatoms. The second-order valence-electron chi connectivity index (χ2n) is 4.16. The highest BCUT2D eigenvalue weighted by atomic mass is 16.5. The molecule has 1 aliphatic rings. The molecular weight excluding hydrogens is 228 g/mol. The molecule has 0 saturated carbocycles. The molecular formula is C14H10N2O2. The van der Waals surface area contributed by atoms with E-state index in [-0.39, 0.29) is 6.10 Å². The van der Waals surface area contributed by atoms with Crippen LogP contribution in [0.4, 0.5) is 0 Å². The number of benzene rings is 1. The summed E-state index contributed by atoms with van der Waals surface area (Å²) in [4.78, 5) is 0. The lowest BCUT2D eigenvalue weighted by Crippen LogP contribution is -2.33. The normalized spacial score (nSPS) is 16.7. The maximum absolute atomic E-state index is 11.7. The van der Waals surface area contributed by atoms with Gasteiger partial charge in [0.2, 0.25) is 5.69 Å². The maximum Gasteiger partial charge on any atom is 0.233 e. The molecule has 0 amide bonds. The van der Waals surface area contributed by atoms with Gasteiger partial charge in [-0.3, -0.25) is 0 Å². The zero-order valence-corrected chi connectivity index (χ0v) is 9.54. The van der Waals surface area contributed by atoms with Crippen molar-refractivity contribution in [3.63, 3.8) is 0 Å². The lowest BCUT2D eigenvalue weighted by atomic mass is 10.0. The highest BCUT2D eigenvalue weighted by Crippen LogP contribution is 2.37. The van der Waals surface area contributed by atoms with Crippen LogP contribution in [0.15, 0.2) is 42.6 Å². The van der Waals surface area contributed by atoms with Crippen LogP contribution in [0.5, 0.6) is 5.75 Å². The van der Waals surface area contributed by atoms with E-state index < -0.39 is 0 Å². The fourth-order valence-corrected chi connectivity index (χ4v) is 2.23. The van der Waals surface area contributed by atoms with Gasteiger partial charge in [0.1, 0.15) is 5.75 Å². The Labute approximate surface area is 104 Å². The highest BCUT2D eigenvalue weighted by Gasteiger charge is 2.31. The van der Waals surface area contributed by atoms with Crippen molar-refractivity contribution in [3.05, 3.63) is 64.6 Å². The first-order valence-corrected chi connectivity index (χ1v) is 5.66. The number of rotatable bonds is 1. The summed E-state index contributed by atoms with van der Waals surface area (Å²) in [7, 11) is 0. The van der Waals surface area contributed by atoms with E-state index in [1.54, 1.807) is 30.3 Å². The number of nitriles is 1. The van der Waals surface area contributed by atoms with Crippen molar-refractivity contribution >= 4 is 0 Å². The molecule has 88 valence electrons. The molecule has 0 fully saturated rings. The lowest BCUT2D eigenvalue weighted by Gasteiger charge is -2.10. The Morgan fingerprint density at radius 3 is 2.94 bits per heavy atom. The highest BCUT2D eigenvalue weighted by molar-refractivity contribution is 5.49. The predicted molar refractivity (Wildman–Crippen MR) is 63.6 cm³/mol. The molecule has 1 aliphatic heterocycles. The molecule has 1 unspecified atom stereocenters. The molecule has 2 aromatic rings. The monoisotopic (exact) mass is 238 g/mol. The average molecular weight is 238 g/mol. The topological polar surface area (TPSA) is 60.0 Å². The van der Waals surface area contributed by atoms with Gasteiger partial charge in [0.25, 0.3) is 0 Å². The smallest absolute Gasteiger partial charge is 0.233 e. The third-order valence-corrected chi connectivity index (χ3v) is 3.10. The third-order valence-electron chi connectivity index (χ3n) is 3.10. The van der Waals surface area contributed by atoms with Gasteiger partial charge in [-0.25, -0.2) is 0 Å². The Kier molecular flexibility index (Phi) is 2.38. The minimum Gasteiger partial charge on any atom is -0.618 e. The molecule has 0 radical (unpaired) electrons. The molecule has 0 aliphatic carbocycles. The van der Waals surface area contributed by atoms with Gasteiger partial charge in [0, 0.05) is 24.1 Å². The molecule has 3 rings (SSSR count). The first kappa shape index (κ1) is 10.6. The van der Waals surface area contributed by atoms with Crippen molar-refractivity contribution in [2.45, 2.75) is 12.5 Å². The summed E-state index contributed by atoms with van der Waals surface area (Å²) in [6.07, 6.45) is 1.70. The van der Waals surface area contributed by atoms with Crippen LogP contribution in [0.25, 0.3) is 0 Å². The molecule has 0 bridgehead atoms. The zero-order valence-electron chi connectivity index (χ0n) is 9.54. The molecule has 1 atom stereocenters. The number of nitrogens with zero attached hydrogens (tertiary/aromatic N) is 2. The lowest BCUT2D eigenvalue weighted by molar-refractivity contribution is -0.617. The van der Waals surface area contributed by atoms with Crippen molar-refractivity contribution in [1.82, 2.24) is 0 Å². The largest absolute Gasteiger partial charge is 0.618 e. The quantitative estimate of drug-likeness (QED) is 0.563. The molecule has 1 aromatic heterocycles. The van der Waals surface area contributed by atoms with Crippen molar-refractivity contribution < 1.29 is 9.47 Å². The van der Waals surface area contributed by atoms with E-state index in [9.17, 15) is 5.21 Å². The number of aromatic nitrogens is 1. The van der Waals surface area contributed by atoms with Gasteiger partial charge in [-0.15, -0.1) is 0 Å². The van der Waals surface area contributed by atoms with Crippen LogP contribution in [0.1, 0.15) is 22.9 Å². The molecule has 1 aromatic carbocycles. The maximum atomic E-state index is 11.7. The molecule has 0 saturated heterocycles. The second-order valence-corrected chi connectivity index (χ2v) is 4.16. The molecule has 0 spiro atoms. The van der Waals surface area contributed by atoms with Gasteiger partial charge >= 0.3 is 0 Å². The number of fused-ring (bicyclic) bond motifs is 1. The minimum atomic E-state index is -0.312. The number of pyridine rings is 1. The van der Waals surface area contributed by atoms with E-state index in [0.717, 1.165) is 10.3 Å². The van der Waals surface area contributed by atoms with Crippen LogP contribution in [0.2, 0.25) is 0 Å². The summed E-state index contributed by atoms with van der Waals surface area (Å²) >= 11 is 0. The number of hydrogen-bond donors (Lipinski definition) is 0. The Bertz CT molecular complexity index is 646. The van der Waals surface area contributed by atoms with E-state index in [1.807, 2.05) is 6.07 Å². The predicted octanol–water partition coefficient (Wildman–Crippen LogP) is 1.87. The first-order valence-electron chi connectivity index (χ1n) is 5.66. The van der Waals surface area contributed by atoms with Gasteiger partial charge in [0.15, 0.2) is 12.3 Å². The second kappa shape index (κ2) is 4.04. The zero-order chi connectivity index (χ0) is 12.5. The Morgan fingerprint density at radius 1 is 1.28 bits per heavy atom. The Morgan fingerprint density at radius 2 is 2.17 bits per heavy atom. The molecule has 18 heavy (non-hydrogen) atoms. The van der Waals surface area contributed by atoms with Crippen LogP contribution < -0.4 is 9.47 Å². The minimum absolute atomic E-state index is 0.312. The summed E-state index contributed by atoms with van der Waals surface area (Å²) in [6.45, 7) is 0. The summed E-state index contributed by atoms with van der Waals surface area (Å²) < 4.78 is 6.55. The van der Waals surface area contributed by atoms with E-state index in [0.29, 0.717) is 23.4 Å². The van der Waals surface area contributed by atoms with Crippen LogP contribution in [0.3, 0.4) is 0 Å². The van der Waals surface area contributed by atoms with Crippen LogP contribution in [-0.2, 0) is 6.42 Å². The summed E-state index contributed by atoms with van der Waals surface area (Å²) in [5.41, 5.74) is 2.06. The van der Waals surface area contributed by atoms with Gasteiger partial charge in [-0.1, -0.05) is 6.07 Å². The van der Waals surface area contributed by atoms with Crippen LogP contribution in [-0.4, -0.2) is 0 Å². The van der Waals surface area contributed by atoms with Crippen molar-refractivity contribution in [3.8, 4) is 11.8 Å². The number of ether oxygens (including phenoxy) is 1. The Hall–Kier alpha value is -2.54. The third kappa shape index (κ3) is 1.57. The molecule has 0 N–H and O–H groups in total. The molecule has 4 nitrogen and oxygen atoms in total. The van der Waals surface area contributed by atoms with E-state index in [1.165, 1.54) is 6.20 Å². The van der Waals surface area contributed by atoms with Crippen LogP contribution in [0, 0.1) is 16.5 Å². The van der Waals surface area contributed by atoms with Crippen molar-refractivity contribution in [2.24, 2.45) is 0 Å². The standard InChI is InChI=1S/C14H10N2O2/c15-9-10-4-3-6-13-11(10)8-14(18-13)12-5-1-2-7-16(12)17/h1-7,14H,8H2. The Balaban J connectivity index is 1.99. The molecule has 2 heterocycles. The SMILES string of the molecule is N#Cc1cccc2c1CC(c1cccc[n+]1[O-])O2. The fraction of sp³-hybridized carbons (Fsp3) is 0.143. The summed E-state index contributed by atoms with van der Waals surface area (Å²) in [5, 5.41) is 20.7. The van der Waals surface area contributed by atoms with E-state index in [4.69, 9.17) is 10.00 Å². The number of hydrogen-bond acceptors (Lipinski definition) is 3. The van der Waals surface area contributed by atoms with Crippen molar-refractivity contribution in [1.29, 1.82) is 5.26 Å². The van der Waals surface area contributed by atoms with Crippen LogP contribution >= 0.6 is 0 Å². The van der Waals surface area contributed by atoms with Gasteiger partial charge < -0.3 is 9.94 Å². The van der Waals surface area contributed by atoms with E-state index >= 15 is 0 Å². The summed E-state index contributed by atoms with van der Waals surface area (Å²) in [5.74, 6) is 0.697. The van der Waals surface area contributed by atoms with Gasteiger partial charge in [0.05, 0.1) is 11.6 Å². The van der Waals surface area contributed by atoms with Gasteiger partial charge in [-0.2, -0.15) is 9.99 Å². The first-order chi connectivity index (χ1) is 8.79.